The normalized spacial score (nSPS) is 10.9. The van der Waals surface area contributed by atoms with Crippen LogP contribution in [0.15, 0.2) is 77.6 Å². The zero-order valence-electron chi connectivity index (χ0n) is 29.0. The number of aryl methyl sites for hydroxylation is 2. The number of rotatable bonds is 11. The van der Waals surface area contributed by atoms with Crippen LogP contribution in [-0.4, -0.2) is 37.4 Å². The van der Waals surface area contributed by atoms with Crippen molar-refractivity contribution in [2.75, 3.05) is 0 Å². The molecule has 18 heteroatoms. The van der Waals surface area contributed by atoms with Gasteiger partial charge < -0.3 is 9.13 Å². The maximum absolute atomic E-state index is 13.0. The molecule has 53 heavy (non-hydrogen) atoms. The van der Waals surface area contributed by atoms with E-state index in [1.54, 1.807) is 42.9 Å². The van der Waals surface area contributed by atoms with Crippen molar-refractivity contribution in [1.29, 1.82) is 0 Å². The van der Waals surface area contributed by atoms with Gasteiger partial charge in [-0.3, -0.25) is 27.9 Å². The Morgan fingerprint density at radius 2 is 1.11 bits per heavy atom. The van der Waals surface area contributed by atoms with E-state index in [1.807, 2.05) is 38.1 Å². The lowest BCUT2D eigenvalue weighted by atomic mass is 10.2. The van der Waals surface area contributed by atoms with Gasteiger partial charge in [0.05, 0.1) is 6.54 Å². The lowest BCUT2D eigenvalue weighted by Gasteiger charge is -2.10. The molecule has 4 aromatic heterocycles. The molecule has 0 N–H and O–H groups in total. The second kappa shape index (κ2) is 17.8. The lowest BCUT2D eigenvalue weighted by molar-refractivity contribution is 0.565. The first-order valence-corrected chi connectivity index (χ1v) is 18.1. The second-order valence-corrected chi connectivity index (χ2v) is 13.6. The summed E-state index contributed by atoms with van der Waals surface area (Å²) in [6.07, 6.45) is 3.23. The van der Waals surface area contributed by atoms with Gasteiger partial charge in [0.1, 0.15) is 0 Å². The van der Waals surface area contributed by atoms with E-state index >= 15 is 0 Å². The van der Waals surface area contributed by atoms with Crippen molar-refractivity contribution in [2.45, 2.75) is 73.1 Å². The first kappa shape index (κ1) is 40.9. The summed E-state index contributed by atoms with van der Waals surface area (Å²) in [7, 11) is 3.19. The van der Waals surface area contributed by atoms with Crippen LogP contribution in [-0.2, 0) is 40.3 Å². The quantitative estimate of drug-likeness (QED) is 0.0581. The maximum atomic E-state index is 13.0. The molecule has 0 radical (unpaired) electrons. The Labute approximate surface area is 322 Å². The molecule has 0 aliphatic rings. The van der Waals surface area contributed by atoms with Crippen molar-refractivity contribution in [3.63, 3.8) is 0 Å². The van der Waals surface area contributed by atoms with Gasteiger partial charge in [0.25, 0.3) is 11.1 Å². The monoisotopic (exact) mass is 827 g/mol. The minimum atomic E-state index is -0.442. The van der Waals surface area contributed by atoms with E-state index in [9.17, 15) is 19.2 Å². The number of hydrogen-bond donors (Lipinski definition) is 0. The molecule has 4 heterocycles. The molecule has 0 aliphatic heterocycles. The SMILES string of the molecule is C.CCCCn1c(=O)c2c(nc(Br)n2Cc2ccc(Cl)cc2)n(C)c1=O.CCCCn1c(=O)c2c(nc(N=[N+]=[N-])n2Cc2ccc(Cl)cc2)n(C)c1=O. The van der Waals surface area contributed by atoms with Crippen molar-refractivity contribution in [3.8, 4) is 0 Å². The van der Waals surface area contributed by atoms with Gasteiger partial charge >= 0.3 is 11.4 Å². The number of azide groups is 1. The maximum Gasteiger partial charge on any atom is 0.332 e. The number of nitrogens with zero attached hydrogens (tertiary/aromatic N) is 11. The van der Waals surface area contributed by atoms with Crippen LogP contribution in [0.4, 0.5) is 5.95 Å². The first-order valence-electron chi connectivity index (χ1n) is 16.5. The van der Waals surface area contributed by atoms with Crippen LogP contribution in [0, 0.1) is 0 Å². The van der Waals surface area contributed by atoms with E-state index in [-0.39, 0.29) is 42.3 Å². The summed E-state index contributed by atoms with van der Waals surface area (Å²) in [5, 5.41) is 4.85. The summed E-state index contributed by atoms with van der Waals surface area (Å²) in [4.78, 5) is 62.4. The summed E-state index contributed by atoms with van der Waals surface area (Å²) >= 11 is 15.3. The molecule has 6 aromatic rings. The minimum absolute atomic E-state index is 0. The van der Waals surface area contributed by atoms with E-state index in [0.717, 1.165) is 30.4 Å². The van der Waals surface area contributed by atoms with Gasteiger partial charge in [0, 0.05) is 48.7 Å². The predicted molar refractivity (Wildman–Crippen MR) is 213 cm³/mol. The molecule has 0 bridgehead atoms. The third-order valence-electron chi connectivity index (χ3n) is 8.51. The summed E-state index contributed by atoms with van der Waals surface area (Å²) in [6, 6.07) is 14.5. The zero-order valence-corrected chi connectivity index (χ0v) is 32.1. The molecule has 0 fully saturated rings. The third kappa shape index (κ3) is 8.51. The lowest BCUT2D eigenvalue weighted by Crippen LogP contribution is -2.39. The summed E-state index contributed by atoms with van der Waals surface area (Å²) in [5.74, 6) is 0.0304. The molecule has 280 valence electrons. The Morgan fingerprint density at radius 3 is 1.55 bits per heavy atom. The summed E-state index contributed by atoms with van der Waals surface area (Å²) in [6.45, 7) is 5.44. The average Bonchev–Trinajstić information content (AvgIpc) is 3.65. The molecule has 6 rings (SSSR count). The van der Waals surface area contributed by atoms with Crippen LogP contribution in [0.2, 0.25) is 10.0 Å². The highest BCUT2D eigenvalue weighted by Crippen LogP contribution is 2.22. The van der Waals surface area contributed by atoms with Crippen molar-refractivity contribution in [1.82, 2.24) is 37.4 Å². The van der Waals surface area contributed by atoms with Crippen LogP contribution in [0.1, 0.15) is 58.1 Å². The molecule has 0 unspecified atom stereocenters. The molecule has 2 aromatic carbocycles. The highest BCUT2D eigenvalue weighted by atomic mass is 79.9. The first-order chi connectivity index (χ1) is 24.9. The number of imidazole rings is 2. The molecule has 0 aliphatic carbocycles. The van der Waals surface area contributed by atoms with Crippen LogP contribution < -0.4 is 22.5 Å². The fraction of sp³-hybridized carbons (Fsp3) is 0.371. The van der Waals surface area contributed by atoms with Gasteiger partial charge in [-0.05, 0) is 74.8 Å². The van der Waals surface area contributed by atoms with E-state index < -0.39 is 11.2 Å². The Bertz CT molecular complexity index is 2540. The van der Waals surface area contributed by atoms with E-state index in [1.165, 1.54) is 22.8 Å². The molecule has 0 saturated heterocycles. The number of unbranched alkanes of at least 4 members (excludes halogenated alkanes) is 2. The van der Waals surface area contributed by atoms with Gasteiger partial charge in [-0.1, -0.05) is 81.6 Å². The zero-order chi connectivity index (χ0) is 37.7. The van der Waals surface area contributed by atoms with Gasteiger partial charge in [-0.2, -0.15) is 0 Å². The molecule has 0 spiro atoms. The van der Waals surface area contributed by atoms with Crippen molar-refractivity contribution in [3.05, 3.63) is 127 Å². The second-order valence-electron chi connectivity index (χ2n) is 12.1. The van der Waals surface area contributed by atoms with Crippen LogP contribution >= 0.6 is 39.1 Å². The number of hydrogen-bond acceptors (Lipinski definition) is 7. The van der Waals surface area contributed by atoms with Crippen molar-refractivity contribution >= 4 is 67.4 Å². The van der Waals surface area contributed by atoms with Crippen molar-refractivity contribution < 1.29 is 0 Å². The van der Waals surface area contributed by atoms with Gasteiger partial charge in [-0.15, -0.1) is 0 Å². The molecule has 0 saturated carbocycles. The number of aromatic nitrogens is 8. The molecule has 15 nitrogen and oxygen atoms in total. The third-order valence-corrected chi connectivity index (χ3v) is 9.62. The fourth-order valence-electron chi connectivity index (χ4n) is 5.69. The number of halogens is 3. The Balaban J connectivity index is 0.000000233. The molecule has 0 amide bonds. The van der Waals surface area contributed by atoms with E-state index in [2.05, 4.69) is 35.9 Å². The molecule has 0 atom stereocenters. The van der Waals surface area contributed by atoms with E-state index in [4.69, 9.17) is 28.7 Å². The molecular formula is C35H40BrCl2N11O4. The number of benzene rings is 2. The number of fused-ring (bicyclic) bond motifs is 2. The minimum Gasteiger partial charge on any atom is -0.312 e. The average molecular weight is 830 g/mol. The van der Waals surface area contributed by atoms with Crippen LogP contribution in [0.5, 0.6) is 0 Å². The van der Waals surface area contributed by atoms with Gasteiger partial charge in [-0.25, -0.2) is 19.6 Å². The smallest absolute Gasteiger partial charge is 0.312 e. The molecular weight excluding hydrogens is 789 g/mol. The fourth-order valence-corrected chi connectivity index (χ4v) is 6.41. The van der Waals surface area contributed by atoms with Gasteiger partial charge in [0.15, 0.2) is 33.0 Å². The van der Waals surface area contributed by atoms with Gasteiger partial charge in [0.2, 0.25) is 0 Å². The standard InChI is InChI=1S/C17H18BrClN4O2.C17H18ClN7O2.CH4/c1-3-4-9-22-15(24)13-14(21(2)17(22)25)20-16(18)23(13)10-11-5-7-12(19)8-6-11;1-3-4-9-24-15(26)13-14(23(2)17(24)27)20-16(21-22-19)25(13)10-11-5-7-12(18)8-6-11;/h5-8H,3-4,9-10H2,1-2H3;5-8H,3-4,9-10H2,1-2H3;1H4. The van der Waals surface area contributed by atoms with Crippen LogP contribution in [0.3, 0.4) is 0 Å². The Morgan fingerprint density at radius 1 is 0.698 bits per heavy atom. The Kier molecular flexibility index (Phi) is 13.7. The summed E-state index contributed by atoms with van der Waals surface area (Å²) < 4.78 is 9.05. The summed E-state index contributed by atoms with van der Waals surface area (Å²) in [5.41, 5.74) is 10.4. The van der Waals surface area contributed by atoms with Crippen LogP contribution in [0.25, 0.3) is 32.8 Å². The largest absolute Gasteiger partial charge is 0.332 e. The Hall–Kier alpha value is -4.89. The highest BCUT2D eigenvalue weighted by molar-refractivity contribution is 9.10. The van der Waals surface area contributed by atoms with Crippen molar-refractivity contribution in [2.24, 2.45) is 19.2 Å². The van der Waals surface area contributed by atoms with E-state index in [0.29, 0.717) is 52.0 Å². The predicted octanol–water partition coefficient (Wildman–Crippen LogP) is 7.14. The topological polar surface area (TPSA) is 172 Å². The highest BCUT2D eigenvalue weighted by Gasteiger charge is 2.21.